The molecular weight excluding hydrogens is 307 g/mol. The molecule has 134 valence electrons. The number of hydrogen-bond donors (Lipinski definition) is 2. The predicted molar refractivity (Wildman–Crippen MR) is 93.7 cm³/mol. The number of carbonyl (C=O) groups is 1. The number of piperidine rings is 1. The second-order valence-corrected chi connectivity index (χ2v) is 6.69. The lowest BCUT2D eigenvalue weighted by molar-refractivity contribution is -0.140. The van der Waals surface area contributed by atoms with Crippen molar-refractivity contribution in [3.63, 3.8) is 0 Å². The van der Waals surface area contributed by atoms with Gasteiger partial charge in [-0.25, -0.2) is 4.39 Å². The van der Waals surface area contributed by atoms with Gasteiger partial charge in [-0.15, -0.1) is 0 Å². The standard InChI is InChI=1S/C19H29FN2O2/c1-2-3-4-18(19(23)24)21-17-10-13-22(14-11-17)12-9-15-5-7-16(20)8-6-15/h5-8,17-18,21H,2-4,9-14H2,1H3,(H,23,24). The fourth-order valence-corrected chi connectivity index (χ4v) is 3.23. The summed E-state index contributed by atoms with van der Waals surface area (Å²) in [5.74, 6) is -0.927. The summed E-state index contributed by atoms with van der Waals surface area (Å²) in [6.45, 7) is 5.02. The van der Waals surface area contributed by atoms with Crippen LogP contribution in [0.1, 0.15) is 44.6 Å². The minimum Gasteiger partial charge on any atom is -0.480 e. The smallest absolute Gasteiger partial charge is 0.320 e. The molecule has 0 aromatic heterocycles. The number of aliphatic carboxylic acids is 1. The van der Waals surface area contributed by atoms with Gasteiger partial charge in [0, 0.05) is 12.6 Å². The topological polar surface area (TPSA) is 52.6 Å². The van der Waals surface area contributed by atoms with Gasteiger partial charge in [-0.05, 0) is 56.5 Å². The molecule has 2 rings (SSSR count). The van der Waals surface area contributed by atoms with Crippen LogP contribution in [0.3, 0.4) is 0 Å². The monoisotopic (exact) mass is 336 g/mol. The number of nitrogens with one attached hydrogen (secondary N) is 1. The zero-order valence-corrected chi connectivity index (χ0v) is 14.5. The number of benzene rings is 1. The van der Waals surface area contributed by atoms with Gasteiger partial charge in [-0.2, -0.15) is 0 Å². The number of likely N-dealkylation sites (tertiary alicyclic amines) is 1. The number of hydrogen-bond acceptors (Lipinski definition) is 3. The molecular formula is C19H29FN2O2. The van der Waals surface area contributed by atoms with Crippen LogP contribution >= 0.6 is 0 Å². The molecule has 1 unspecified atom stereocenters. The number of rotatable bonds is 9. The average Bonchev–Trinajstić information content (AvgIpc) is 2.59. The van der Waals surface area contributed by atoms with E-state index in [1.54, 1.807) is 0 Å². The number of carboxylic acid groups (broad SMARTS) is 1. The lowest BCUT2D eigenvalue weighted by Gasteiger charge is -2.33. The zero-order chi connectivity index (χ0) is 17.4. The molecule has 0 amide bonds. The highest BCUT2D eigenvalue weighted by atomic mass is 19.1. The van der Waals surface area contributed by atoms with E-state index in [1.807, 2.05) is 12.1 Å². The van der Waals surface area contributed by atoms with Gasteiger partial charge in [0.05, 0.1) is 0 Å². The molecule has 5 heteroatoms. The van der Waals surface area contributed by atoms with Crippen LogP contribution in [0.2, 0.25) is 0 Å². The SMILES string of the molecule is CCCCC(NC1CCN(CCc2ccc(F)cc2)CC1)C(=O)O. The summed E-state index contributed by atoms with van der Waals surface area (Å²) in [6.07, 6.45) is 5.57. The normalized spacial score (nSPS) is 17.8. The average molecular weight is 336 g/mol. The van der Waals surface area contributed by atoms with Crippen molar-refractivity contribution < 1.29 is 14.3 Å². The quantitative estimate of drug-likeness (QED) is 0.728. The molecule has 1 aliphatic rings. The van der Waals surface area contributed by atoms with E-state index in [0.717, 1.165) is 57.3 Å². The summed E-state index contributed by atoms with van der Waals surface area (Å²) in [4.78, 5) is 13.7. The Kier molecular flexibility index (Phi) is 7.66. The first-order valence-electron chi connectivity index (χ1n) is 9.04. The molecule has 0 radical (unpaired) electrons. The summed E-state index contributed by atoms with van der Waals surface area (Å²) >= 11 is 0. The van der Waals surface area contributed by atoms with E-state index in [2.05, 4.69) is 17.1 Å². The van der Waals surface area contributed by atoms with Crippen LogP contribution in [0.15, 0.2) is 24.3 Å². The Morgan fingerprint density at radius 1 is 1.33 bits per heavy atom. The maximum Gasteiger partial charge on any atom is 0.320 e. The van der Waals surface area contributed by atoms with Crippen molar-refractivity contribution in [1.29, 1.82) is 0 Å². The van der Waals surface area contributed by atoms with Crippen LogP contribution in [0.5, 0.6) is 0 Å². The first kappa shape index (κ1) is 18.9. The molecule has 0 bridgehead atoms. The highest BCUT2D eigenvalue weighted by Gasteiger charge is 2.24. The fraction of sp³-hybridized carbons (Fsp3) is 0.632. The van der Waals surface area contributed by atoms with Gasteiger partial charge in [0.1, 0.15) is 11.9 Å². The van der Waals surface area contributed by atoms with Gasteiger partial charge in [0.25, 0.3) is 0 Å². The molecule has 1 atom stereocenters. The summed E-state index contributed by atoms with van der Waals surface area (Å²) in [5, 5.41) is 12.6. The molecule has 2 N–H and O–H groups in total. The molecule has 1 aliphatic heterocycles. The molecule has 1 fully saturated rings. The van der Waals surface area contributed by atoms with Gasteiger partial charge in [0.2, 0.25) is 0 Å². The molecule has 1 heterocycles. The second-order valence-electron chi connectivity index (χ2n) is 6.69. The third kappa shape index (κ3) is 6.21. The Balaban J connectivity index is 1.70. The van der Waals surface area contributed by atoms with E-state index < -0.39 is 12.0 Å². The van der Waals surface area contributed by atoms with Crippen LogP contribution < -0.4 is 5.32 Å². The third-order valence-electron chi connectivity index (χ3n) is 4.80. The Morgan fingerprint density at radius 2 is 2.00 bits per heavy atom. The highest BCUT2D eigenvalue weighted by molar-refractivity contribution is 5.73. The van der Waals surface area contributed by atoms with Gasteiger partial charge in [0.15, 0.2) is 0 Å². The highest BCUT2D eigenvalue weighted by Crippen LogP contribution is 2.14. The Bertz CT molecular complexity index is 499. The van der Waals surface area contributed by atoms with E-state index >= 15 is 0 Å². The van der Waals surface area contributed by atoms with E-state index in [9.17, 15) is 14.3 Å². The van der Waals surface area contributed by atoms with Crippen LogP contribution in [0, 0.1) is 5.82 Å². The van der Waals surface area contributed by atoms with Crippen molar-refractivity contribution in [2.45, 2.75) is 57.5 Å². The Morgan fingerprint density at radius 3 is 2.58 bits per heavy atom. The summed E-state index contributed by atoms with van der Waals surface area (Å²) in [6, 6.07) is 6.58. The molecule has 1 saturated heterocycles. The number of halogens is 1. The van der Waals surface area contributed by atoms with Gasteiger partial charge < -0.3 is 15.3 Å². The number of carboxylic acids is 1. The molecule has 4 nitrogen and oxygen atoms in total. The van der Waals surface area contributed by atoms with Crippen molar-refractivity contribution in [3.05, 3.63) is 35.6 Å². The van der Waals surface area contributed by atoms with E-state index in [0.29, 0.717) is 12.5 Å². The number of nitrogens with zero attached hydrogens (tertiary/aromatic N) is 1. The van der Waals surface area contributed by atoms with Crippen LogP contribution in [-0.4, -0.2) is 47.7 Å². The fourth-order valence-electron chi connectivity index (χ4n) is 3.23. The lowest BCUT2D eigenvalue weighted by atomic mass is 10.0. The molecule has 0 aliphatic carbocycles. The molecule has 0 saturated carbocycles. The van der Waals surface area contributed by atoms with Crippen molar-refractivity contribution in [3.8, 4) is 0 Å². The molecule has 1 aromatic rings. The van der Waals surface area contributed by atoms with Gasteiger partial charge >= 0.3 is 5.97 Å². The molecule has 0 spiro atoms. The van der Waals surface area contributed by atoms with Crippen LogP contribution in [-0.2, 0) is 11.2 Å². The third-order valence-corrected chi connectivity index (χ3v) is 4.80. The predicted octanol–water partition coefficient (Wildman–Crippen LogP) is 3.07. The second kappa shape index (κ2) is 9.74. The van der Waals surface area contributed by atoms with Crippen molar-refractivity contribution in [2.24, 2.45) is 0 Å². The Labute approximate surface area is 144 Å². The van der Waals surface area contributed by atoms with Crippen molar-refractivity contribution in [2.75, 3.05) is 19.6 Å². The van der Waals surface area contributed by atoms with Crippen molar-refractivity contribution in [1.82, 2.24) is 10.2 Å². The maximum atomic E-state index is 12.9. The van der Waals surface area contributed by atoms with E-state index in [4.69, 9.17) is 0 Å². The van der Waals surface area contributed by atoms with Gasteiger partial charge in [-0.1, -0.05) is 31.9 Å². The van der Waals surface area contributed by atoms with Crippen molar-refractivity contribution >= 4 is 5.97 Å². The van der Waals surface area contributed by atoms with Crippen LogP contribution in [0.25, 0.3) is 0 Å². The van der Waals surface area contributed by atoms with Gasteiger partial charge in [-0.3, -0.25) is 4.79 Å². The minimum absolute atomic E-state index is 0.193. The first-order chi connectivity index (χ1) is 11.6. The van der Waals surface area contributed by atoms with Crippen LogP contribution in [0.4, 0.5) is 4.39 Å². The minimum atomic E-state index is -0.734. The summed E-state index contributed by atoms with van der Waals surface area (Å²) in [5.41, 5.74) is 1.15. The zero-order valence-electron chi connectivity index (χ0n) is 14.5. The largest absolute Gasteiger partial charge is 0.480 e. The summed E-state index contributed by atoms with van der Waals surface area (Å²) < 4.78 is 12.9. The summed E-state index contributed by atoms with van der Waals surface area (Å²) in [7, 11) is 0. The van der Waals surface area contributed by atoms with E-state index in [-0.39, 0.29) is 5.82 Å². The number of unbranched alkanes of at least 4 members (excludes halogenated alkanes) is 1. The molecule has 24 heavy (non-hydrogen) atoms. The Hall–Kier alpha value is -1.46. The molecule has 1 aromatic carbocycles. The lowest BCUT2D eigenvalue weighted by Crippen LogP contribution is -2.49. The first-order valence-corrected chi connectivity index (χ1v) is 9.04. The van der Waals surface area contributed by atoms with E-state index in [1.165, 1.54) is 12.1 Å². The maximum absolute atomic E-state index is 12.9.